The van der Waals surface area contributed by atoms with Gasteiger partial charge in [-0.3, -0.25) is 4.90 Å². The van der Waals surface area contributed by atoms with Crippen molar-refractivity contribution in [2.75, 3.05) is 19.6 Å². The molecule has 3 rings (SSSR count). The van der Waals surface area contributed by atoms with E-state index < -0.39 is 0 Å². The molecule has 0 spiro atoms. The molecule has 0 aromatic heterocycles. The molecule has 4 nitrogen and oxygen atoms in total. The summed E-state index contributed by atoms with van der Waals surface area (Å²) in [5.41, 5.74) is 2.53. The molecule has 25 heavy (non-hydrogen) atoms. The number of likely N-dealkylation sites (tertiary alicyclic amines) is 1. The van der Waals surface area contributed by atoms with E-state index in [0.29, 0.717) is 6.54 Å². The van der Waals surface area contributed by atoms with Gasteiger partial charge in [0.25, 0.3) is 0 Å². The number of urea groups is 1. The molecule has 2 amide bonds. The summed E-state index contributed by atoms with van der Waals surface area (Å²) < 4.78 is 1.09. The number of amides is 2. The predicted molar refractivity (Wildman–Crippen MR) is 105 cm³/mol. The van der Waals surface area contributed by atoms with Gasteiger partial charge in [0, 0.05) is 36.7 Å². The zero-order chi connectivity index (χ0) is 17.5. The van der Waals surface area contributed by atoms with Gasteiger partial charge >= 0.3 is 6.03 Å². The van der Waals surface area contributed by atoms with Crippen LogP contribution >= 0.6 is 15.9 Å². The number of benzene rings is 2. The molecular formula is C20H24BrN3O. The summed E-state index contributed by atoms with van der Waals surface area (Å²) in [4.78, 5) is 14.5. The Hall–Kier alpha value is -1.85. The van der Waals surface area contributed by atoms with Gasteiger partial charge in [0.1, 0.15) is 0 Å². The fraction of sp³-hybridized carbons (Fsp3) is 0.350. The van der Waals surface area contributed by atoms with Crippen LogP contribution in [0.4, 0.5) is 4.79 Å². The summed E-state index contributed by atoms with van der Waals surface area (Å²) in [6.07, 6.45) is 1.82. The fourth-order valence-electron chi connectivity index (χ4n) is 3.18. The van der Waals surface area contributed by atoms with Crippen molar-refractivity contribution < 1.29 is 4.79 Å². The number of hydrogen-bond acceptors (Lipinski definition) is 2. The second-order valence-electron chi connectivity index (χ2n) is 6.45. The zero-order valence-electron chi connectivity index (χ0n) is 14.2. The van der Waals surface area contributed by atoms with Crippen molar-refractivity contribution in [2.24, 2.45) is 0 Å². The third kappa shape index (κ3) is 5.58. The number of rotatable bonds is 6. The van der Waals surface area contributed by atoms with Crippen molar-refractivity contribution in [3.05, 3.63) is 70.2 Å². The van der Waals surface area contributed by atoms with E-state index in [2.05, 4.69) is 61.8 Å². The average Bonchev–Trinajstić information content (AvgIpc) is 3.04. The third-order valence-corrected chi connectivity index (χ3v) is 5.27. The van der Waals surface area contributed by atoms with E-state index in [1.54, 1.807) is 0 Å². The second-order valence-corrected chi connectivity index (χ2v) is 7.30. The predicted octanol–water partition coefficient (Wildman–Crippen LogP) is 3.57. The molecule has 2 aromatic rings. The van der Waals surface area contributed by atoms with E-state index >= 15 is 0 Å². The molecular weight excluding hydrogens is 378 g/mol. The van der Waals surface area contributed by atoms with Gasteiger partial charge in [0.05, 0.1) is 0 Å². The highest BCUT2D eigenvalue weighted by Crippen LogP contribution is 2.16. The number of hydrogen-bond donors (Lipinski definition) is 2. The maximum atomic E-state index is 12.1. The Labute approximate surface area is 157 Å². The van der Waals surface area contributed by atoms with Crippen LogP contribution in [0.1, 0.15) is 17.5 Å². The van der Waals surface area contributed by atoms with Crippen molar-refractivity contribution in [1.29, 1.82) is 0 Å². The number of nitrogens with one attached hydrogen (secondary N) is 2. The van der Waals surface area contributed by atoms with Crippen molar-refractivity contribution in [2.45, 2.75) is 25.4 Å². The summed E-state index contributed by atoms with van der Waals surface area (Å²) in [5.74, 6) is 0. The lowest BCUT2D eigenvalue weighted by Gasteiger charge is -2.17. The Kier molecular flexibility index (Phi) is 6.48. The first-order valence-electron chi connectivity index (χ1n) is 8.75. The molecule has 1 atom stereocenters. The van der Waals surface area contributed by atoms with Gasteiger partial charge in [-0.05, 0) is 30.0 Å². The molecule has 1 aliphatic rings. The van der Waals surface area contributed by atoms with Gasteiger partial charge in [-0.1, -0.05) is 64.5 Å². The Morgan fingerprint density at radius 1 is 1.12 bits per heavy atom. The van der Waals surface area contributed by atoms with Gasteiger partial charge in [-0.2, -0.15) is 0 Å². The van der Waals surface area contributed by atoms with Gasteiger partial charge in [-0.25, -0.2) is 4.79 Å². The minimum absolute atomic E-state index is 0.0707. The number of nitrogens with zero attached hydrogens (tertiary/aromatic N) is 1. The molecule has 0 bridgehead atoms. The molecule has 5 heteroatoms. The number of halogens is 1. The van der Waals surface area contributed by atoms with Crippen LogP contribution in [0.25, 0.3) is 0 Å². The SMILES string of the molecule is O=C(NCCc1ccccc1Br)NC1CCN(Cc2ccccc2)C1. The van der Waals surface area contributed by atoms with Crippen LogP contribution in [-0.4, -0.2) is 36.6 Å². The largest absolute Gasteiger partial charge is 0.338 e. The first-order chi connectivity index (χ1) is 12.2. The number of carbonyl (C=O) groups is 1. The van der Waals surface area contributed by atoms with Gasteiger partial charge in [-0.15, -0.1) is 0 Å². The Bertz CT molecular complexity index is 692. The summed E-state index contributed by atoms with van der Waals surface area (Å²) >= 11 is 3.53. The molecule has 0 radical (unpaired) electrons. The van der Waals surface area contributed by atoms with Gasteiger partial charge < -0.3 is 10.6 Å². The van der Waals surface area contributed by atoms with Crippen LogP contribution in [0.3, 0.4) is 0 Å². The minimum atomic E-state index is -0.0707. The molecule has 0 saturated carbocycles. The fourth-order valence-corrected chi connectivity index (χ4v) is 3.67. The van der Waals surface area contributed by atoms with Crippen LogP contribution in [0, 0.1) is 0 Å². The van der Waals surface area contributed by atoms with Crippen molar-refractivity contribution in [3.8, 4) is 0 Å². The molecule has 1 aliphatic heterocycles. The van der Waals surface area contributed by atoms with Crippen LogP contribution < -0.4 is 10.6 Å². The highest BCUT2D eigenvalue weighted by atomic mass is 79.9. The maximum Gasteiger partial charge on any atom is 0.315 e. The lowest BCUT2D eigenvalue weighted by molar-refractivity contribution is 0.236. The Morgan fingerprint density at radius 2 is 1.88 bits per heavy atom. The Balaban J connectivity index is 1.37. The van der Waals surface area contributed by atoms with E-state index in [9.17, 15) is 4.79 Å². The summed E-state index contributed by atoms with van der Waals surface area (Å²) in [6, 6.07) is 18.7. The van der Waals surface area contributed by atoms with Crippen molar-refractivity contribution in [1.82, 2.24) is 15.5 Å². The van der Waals surface area contributed by atoms with E-state index in [0.717, 1.165) is 36.9 Å². The van der Waals surface area contributed by atoms with Gasteiger partial charge in [0.2, 0.25) is 0 Å². The molecule has 0 aliphatic carbocycles. The molecule has 1 saturated heterocycles. The lowest BCUT2D eigenvalue weighted by Crippen LogP contribution is -2.43. The van der Waals surface area contributed by atoms with Crippen molar-refractivity contribution >= 4 is 22.0 Å². The molecule has 132 valence electrons. The highest BCUT2D eigenvalue weighted by molar-refractivity contribution is 9.10. The van der Waals surface area contributed by atoms with Gasteiger partial charge in [0.15, 0.2) is 0 Å². The summed E-state index contributed by atoms with van der Waals surface area (Å²) in [6.45, 7) is 3.51. The Morgan fingerprint density at radius 3 is 2.68 bits per heavy atom. The maximum absolute atomic E-state index is 12.1. The van der Waals surface area contributed by atoms with E-state index in [4.69, 9.17) is 0 Å². The third-order valence-electron chi connectivity index (χ3n) is 4.49. The van der Waals surface area contributed by atoms with Crippen LogP contribution in [0.2, 0.25) is 0 Å². The topological polar surface area (TPSA) is 44.4 Å². The quantitative estimate of drug-likeness (QED) is 0.776. The van der Waals surface area contributed by atoms with Crippen LogP contribution in [-0.2, 0) is 13.0 Å². The van der Waals surface area contributed by atoms with Crippen LogP contribution in [0.5, 0.6) is 0 Å². The second kappa shape index (κ2) is 9.02. The number of carbonyl (C=O) groups excluding carboxylic acids is 1. The molecule has 2 N–H and O–H groups in total. The molecule has 2 aromatic carbocycles. The molecule has 1 heterocycles. The smallest absolute Gasteiger partial charge is 0.315 e. The van der Waals surface area contributed by atoms with Crippen LogP contribution in [0.15, 0.2) is 59.1 Å². The monoisotopic (exact) mass is 401 g/mol. The molecule has 1 unspecified atom stereocenters. The normalized spacial score (nSPS) is 17.4. The summed E-state index contributed by atoms with van der Waals surface area (Å²) in [7, 11) is 0. The standard InChI is InChI=1S/C20H24BrN3O/c21-19-9-5-4-8-17(19)10-12-22-20(25)23-18-11-13-24(15-18)14-16-6-2-1-3-7-16/h1-9,18H,10-15H2,(H2,22,23,25). The van der Waals surface area contributed by atoms with E-state index in [1.165, 1.54) is 11.1 Å². The first kappa shape index (κ1) is 18.0. The van der Waals surface area contributed by atoms with E-state index in [1.807, 2.05) is 24.3 Å². The molecule has 1 fully saturated rings. The minimum Gasteiger partial charge on any atom is -0.338 e. The average molecular weight is 402 g/mol. The van der Waals surface area contributed by atoms with Crippen molar-refractivity contribution in [3.63, 3.8) is 0 Å². The first-order valence-corrected chi connectivity index (χ1v) is 9.54. The zero-order valence-corrected chi connectivity index (χ0v) is 15.8. The lowest BCUT2D eigenvalue weighted by atomic mass is 10.1. The highest BCUT2D eigenvalue weighted by Gasteiger charge is 2.23. The summed E-state index contributed by atoms with van der Waals surface area (Å²) in [5, 5.41) is 6.05. The van der Waals surface area contributed by atoms with E-state index in [-0.39, 0.29) is 12.1 Å².